The predicted molar refractivity (Wildman–Crippen MR) is 116 cm³/mol. The minimum absolute atomic E-state index is 0.00720. The van der Waals surface area contributed by atoms with Gasteiger partial charge in [0.1, 0.15) is 5.54 Å². The molecule has 1 spiro atoms. The van der Waals surface area contributed by atoms with Crippen LogP contribution in [0.2, 0.25) is 0 Å². The highest BCUT2D eigenvalue weighted by Crippen LogP contribution is 2.49. The fourth-order valence-electron chi connectivity index (χ4n) is 5.74. The first kappa shape index (κ1) is 20.7. The van der Waals surface area contributed by atoms with Gasteiger partial charge in [-0.25, -0.2) is 4.79 Å². The largest absolute Gasteiger partial charge is 0.504 e. The van der Waals surface area contributed by atoms with Crippen molar-refractivity contribution < 1.29 is 19.1 Å². The van der Waals surface area contributed by atoms with Gasteiger partial charge in [-0.2, -0.15) is 0 Å². The van der Waals surface area contributed by atoms with E-state index in [9.17, 15) is 9.59 Å². The molecule has 6 nitrogen and oxygen atoms in total. The molecular weight excluding hydrogens is 380 g/mol. The lowest BCUT2D eigenvalue weighted by Crippen LogP contribution is -2.57. The molecule has 1 aromatic carbocycles. The molecular formula is C24H30N2O4. The number of carbonyl (C=O) groups is 2. The number of rotatable bonds is 5. The average Bonchev–Trinajstić information content (AvgIpc) is 3.28. The first-order chi connectivity index (χ1) is 14.5. The number of piperidine rings is 1. The van der Waals surface area contributed by atoms with Gasteiger partial charge in [0.05, 0.1) is 31.6 Å². The lowest BCUT2D eigenvalue weighted by atomic mass is 9.72. The summed E-state index contributed by atoms with van der Waals surface area (Å²) >= 11 is 0. The maximum atomic E-state index is 13.7. The summed E-state index contributed by atoms with van der Waals surface area (Å²) in [7, 11) is 2.94. The van der Waals surface area contributed by atoms with E-state index in [1.54, 1.807) is 13.2 Å². The highest BCUT2D eigenvalue weighted by atomic mass is 16.5. The summed E-state index contributed by atoms with van der Waals surface area (Å²) in [6.07, 6.45) is 5.68. The van der Waals surface area contributed by atoms with Crippen LogP contribution in [0.15, 0.2) is 36.6 Å². The van der Waals surface area contributed by atoms with Crippen molar-refractivity contribution in [2.45, 2.75) is 37.8 Å². The van der Waals surface area contributed by atoms with Crippen molar-refractivity contribution in [2.75, 3.05) is 32.6 Å². The van der Waals surface area contributed by atoms with Crippen LogP contribution in [0, 0.1) is 11.8 Å². The zero-order valence-electron chi connectivity index (χ0n) is 17.9. The van der Waals surface area contributed by atoms with Crippen LogP contribution < -0.4 is 5.32 Å². The van der Waals surface area contributed by atoms with Crippen molar-refractivity contribution in [3.05, 3.63) is 47.7 Å². The molecule has 1 unspecified atom stereocenters. The summed E-state index contributed by atoms with van der Waals surface area (Å²) < 4.78 is 10.3. The second kappa shape index (κ2) is 7.91. The minimum Gasteiger partial charge on any atom is -0.504 e. The van der Waals surface area contributed by atoms with Crippen molar-refractivity contribution >= 4 is 23.5 Å². The summed E-state index contributed by atoms with van der Waals surface area (Å²) in [5.41, 5.74) is 2.39. The standard InChI is InChI=1S/C24H30N2O4/c1-5-15-8-7-9-19-21(15)22(27)24(25-19)10-11-26-13-16(6-2)17(12-20(24)26)18(14-29-3)23(28)30-4/h5,7-9,14,16-17,20,25H,1,6,10-13H2,2-4H3/b18-14+/t16-,17+,20?,24+/m1/s1. The molecule has 0 aromatic heterocycles. The first-order valence-corrected chi connectivity index (χ1v) is 10.6. The Balaban J connectivity index is 1.71. The lowest BCUT2D eigenvalue weighted by molar-refractivity contribution is -0.137. The second-order valence-corrected chi connectivity index (χ2v) is 8.47. The highest BCUT2D eigenvalue weighted by Gasteiger charge is 2.59. The Hall–Kier alpha value is -2.60. The monoisotopic (exact) mass is 410 g/mol. The smallest absolute Gasteiger partial charge is 0.337 e. The third kappa shape index (κ3) is 2.97. The molecule has 2 fully saturated rings. The van der Waals surface area contributed by atoms with Crippen LogP contribution in [0.1, 0.15) is 42.1 Å². The van der Waals surface area contributed by atoms with Crippen LogP contribution in [0.5, 0.6) is 0 Å². The van der Waals surface area contributed by atoms with Crippen molar-refractivity contribution in [3.8, 4) is 0 Å². The Labute approximate surface area is 177 Å². The molecule has 160 valence electrons. The summed E-state index contributed by atoms with van der Waals surface area (Å²) in [4.78, 5) is 28.7. The van der Waals surface area contributed by atoms with Crippen LogP contribution in [0.3, 0.4) is 0 Å². The van der Waals surface area contributed by atoms with Gasteiger partial charge in [-0.05, 0) is 36.3 Å². The molecule has 3 aliphatic heterocycles. The van der Waals surface area contributed by atoms with Gasteiger partial charge in [0.25, 0.3) is 0 Å². The van der Waals surface area contributed by atoms with E-state index in [0.29, 0.717) is 17.9 Å². The molecule has 30 heavy (non-hydrogen) atoms. The van der Waals surface area contributed by atoms with Crippen LogP contribution in [-0.4, -0.2) is 55.5 Å². The van der Waals surface area contributed by atoms with Crippen LogP contribution in [0.4, 0.5) is 5.69 Å². The van der Waals surface area contributed by atoms with Gasteiger partial charge < -0.3 is 14.8 Å². The van der Waals surface area contributed by atoms with Gasteiger partial charge in [-0.1, -0.05) is 38.1 Å². The van der Waals surface area contributed by atoms with E-state index in [4.69, 9.17) is 9.47 Å². The van der Waals surface area contributed by atoms with Gasteiger partial charge in [0, 0.05) is 24.8 Å². The van der Waals surface area contributed by atoms with Gasteiger partial charge in [0.15, 0.2) is 5.78 Å². The Kier molecular flexibility index (Phi) is 5.45. The number of carbonyl (C=O) groups excluding carboxylic acids is 2. The number of methoxy groups -OCH3 is 2. The second-order valence-electron chi connectivity index (χ2n) is 8.47. The normalized spacial score (nSPS) is 30.6. The Morgan fingerprint density at radius 3 is 2.87 bits per heavy atom. The fraction of sp³-hybridized carbons (Fsp3) is 0.500. The fourth-order valence-corrected chi connectivity index (χ4v) is 5.74. The van der Waals surface area contributed by atoms with E-state index in [-0.39, 0.29) is 23.7 Å². The average molecular weight is 411 g/mol. The molecule has 0 amide bonds. The summed E-state index contributed by atoms with van der Waals surface area (Å²) in [5, 5.41) is 3.60. The third-order valence-corrected chi connectivity index (χ3v) is 7.21. The van der Waals surface area contributed by atoms with Crippen LogP contribution in [0.25, 0.3) is 6.08 Å². The first-order valence-electron chi connectivity index (χ1n) is 10.6. The highest BCUT2D eigenvalue weighted by molar-refractivity contribution is 6.16. The number of nitrogens with zero attached hydrogens (tertiary/aromatic N) is 1. The van der Waals surface area contributed by atoms with Crippen molar-refractivity contribution in [3.63, 3.8) is 0 Å². The Morgan fingerprint density at radius 1 is 1.40 bits per heavy atom. The molecule has 4 rings (SSSR count). The van der Waals surface area contributed by atoms with E-state index in [1.807, 2.05) is 18.2 Å². The molecule has 0 bridgehead atoms. The number of ether oxygens (including phenoxy) is 2. The number of ketones is 1. The SMILES string of the molecule is C=Cc1cccc2c1C(=O)[C@@]1(CCN3C[C@@H](CC)[C@@H](/C(=C\OC)C(=O)OC)CC31)N2. The molecule has 6 heteroatoms. The maximum absolute atomic E-state index is 13.7. The number of Topliss-reactive ketones (excluding diaryl/α,β-unsaturated/α-hetero) is 1. The number of fused-ring (bicyclic) bond motifs is 3. The number of hydrogen-bond acceptors (Lipinski definition) is 6. The van der Waals surface area contributed by atoms with E-state index in [1.165, 1.54) is 13.4 Å². The number of benzene rings is 1. The van der Waals surface area contributed by atoms with Gasteiger partial charge in [0.2, 0.25) is 0 Å². The molecule has 0 saturated carbocycles. The topological polar surface area (TPSA) is 67.9 Å². The van der Waals surface area contributed by atoms with Crippen molar-refractivity contribution in [1.29, 1.82) is 0 Å². The Morgan fingerprint density at radius 2 is 2.20 bits per heavy atom. The van der Waals surface area contributed by atoms with E-state index >= 15 is 0 Å². The van der Waals surface area contributed by atoms with Crippen molar-refractivity contribution in [2.24, 2.45) is 11.8 Å². The molecule has 1 N–H and O–H groups in total. The van der Waals surface area contributed by atoms with Crippen molar-refractivity contribution in [1.82, 2.24) is 4.90 Å². The van der Waals surface area contributed by atoms with Crippen LogP contribution in [-0.2, 0) is 14.3 Å². The zero-order chi connectivity index (χ0) is 21.5. The van der Waals surface area contributed by atoms with Gasteiger partial charge in [-0.3, -0.25) is 9.69 Å². The third-order valence-electron chi connectivity index (χ3n) is 7.21. The minimum atomic E-state index is -0.660. The maximum Gasteiger partial charge on any atom is 0.337 e. The van der Waals surface area contributed by atoms with E-state index in [0.717, 1.165) is 42.7 Å². The van der Waals surface area contributed by atoms with E-state index in [2.05, 4.69) is 23.7 Å². The quantitative estimate of drug-likeness (QED) is 0.455. The molecule has 3 aliphatic rings. The van der Waals surface area contributed by atoms with Gasteiger partial charge in [-0.15, -0.1) is 0 Å². The summed E-state index contributed by atoms with van der Waals surface area (Å²) in [6.45, 7) is 7.75. The molecule has 1 aromatic rings. The summed E-state index contributed by atoms with van der Waals surface area (Å²) in [6, 6.07) is 5.87. The molecule has 4 atom stereocenters. The lowest BCUT2D eigenvalue weighted by Gasteiger charge is -2.45. The van der Waals surface area contributed by atoms with E-state index < -0.39 is 5.54 Å². The number of anilines is 1. The zero-order valence-corrected chi connectivity index (χ0v) is 17.9. The molecule has 3 heterocycles. The van der Waals surface area contributed by atoms with Gasteiger partial charge >= 0.3 is 5.97 Å². The van der Waals surface area contributed by atoms with Crippen LogP contribution >= 0.6 is 0 Å². The number of esters is 1. The predicted octanol–water partition coefficient (Wildman–Crippen LogP) is 3.50. The summed E-state index contributed by atoms with van der Waals surface area (Å²) in [5.74, 6) is 0.0728. The number of nitrogens with one attached hydrogen (secondary N) is 1. The molecule has 2 saturated heterocycles. The molecule has 0 aliphatic carbocycles. The Bertz CT molecular complexity index is 908. The number of hydrogen-bond donors (Lipinski definition) is 1. The molecule has 0 radical (unpaired) electrons.